The first-order valence-electron chi connectivity index (χ1n) is 5.68. The van der Waals surface area contributed by atoms with Crippen molar-refractivity contribution < 1.29 is 0 Å². The number of hydrogen-bond acceptors (Lipinski definition) is 2. The Morgan fingerprint density at radius 3 is 2.56 bits per heavy atom. The van der Waals surface area contributed by atoms with Crippen LogP contribution in [0, 0.1) is 0 Å². The van der Waals surface area contributed by atoms with Crippen LogP contribution in [0.3, 0.4) is 0 Å². The van der Waals surface area contributed by atoms with Gasteiger partial charge in [0.2, 0.25) is 0 Å². The van der Waals surface area contributed by atoms with Crippen molar-refractivity contribution in [3.63, 3.8) is 0 Å². The smallest absolute Gasteiger partial charge is 0.0344 e. The van der Waals surface area contributed by atoms with Crippen molar-refractivity contribution in [2.75, 3.05) is 17.6 Å². The number of nitrogen functional groups attached to an aromatic ring is 1. The summed E-state index contributed by atoms with van der Waals surface area (Å²) >= 11 is 0. The molecule has 0 spiro atoms. The monoisotopic (exact) mass is 216 g/mol. The lowest BCUT2D eigenvalue weighted by atomic mass is 10.2. The molecule has 3 N–H and O–H groups in total. The molecule has 0 radical (unpaired) electrons. The van der Waals surface area contributed by atoms with Crippen molar-refractivity contribution in [1.29, 1.82) is 0 Å². The number of unbranched alkanes of at least 4 members (excludes halogenated alkanes) is 2. The van der Waals surface area contributed by atoms with Crippen LogP contribution in [0.1, 0.15) is 19.3 Å². The maximum absolute atomic E-state index is 5.60. The van der Waals surface area contributed by atoms with E-state index in [9.17, 15) is 0 Å². The SMILES string of the molecule is C=CCCC/C=C/CNc1ccc(N)cc1. The molecule has 0 saturated carbocycles. The first kappa shape index (κ1) is 12.4. The normalized spacial score (nSPS) is 10.5. The van der Waals surface area contributed by atoms with E-state index in [4.69, 9.17) is 5.73 Å². The predicted octanol–water partition coefficient (Wildman–Crippen LogP) is 3.59. The van der Waals surface area contributed by atoms with E-state index in [1.165, 1.54) is 6.42 Å². The molecule has 0 unspecified atom stereocenters. The molecule has 0 fully saturated rings. The summed E-state index contributed by atoms with van der Waals surface area (Å²) in [6, 6.07) is 7.77. The molecule has 2 heteroatoms. The van der Waals surface area contributed by atoms with Gasteiger partial charge in [-0.05, 0) is 43.5 Å². The predicted molar refractivity (Wildman–Crippen MR) is 72.5 cm³/mol. The van der Waals surface area contributed by atoms with Crippen molar-refractivity contribution in [3.8, 4) is 0 Å². The van der Waals surface area contributed by atoms with E-state index in [2.05, 4.69) is 24.0 Å². The van der Waals surface area contributed by atoms with Gasteiger partial charge in [0.1, 0.15) is 0 Å². The minimum atomic E-state index is 0.797. The molecule has 0 bridgehead atoms. The third-order valence-corrected chi connectivity index (χ3v) is 2.28. The standard InChI is InChI=1S/C14H20N2/c1-2-3-4-5-6-7-12-16-14-10-8-13(15)9-11-14/h2,6-11,16H,1,3-5,12,15H2/b7-6+. The van der Waals surface area contributed by atoms with Gasteiger partial charge in [0.15, 0.2) is 0 Å². The van der Waals surface area contributed by atoms with Crippen LogP contribution in [0.4, 0.5) is 11.4 Å². The molecule has 0 aliphatic carbocycles. The summed E-state index contributed by atoms with van der Waals surface area (Å²) in [5.74, 6) is 0. The molecular formula is C14H20N2. The number of anilines is 2. The summed E-state index contributed by atoms with van der Waals surface area (Å²) in [6.07, 6.45) is 9.71. The van der Waals surface area contributed by atoms with Crippen molar-refractivity contribution in [2.24, 2.45) is 0 Å². The largest absolute Gasteiger partial charge is 0.399 e. The molecule has 0 saturated heterocycles. The Bertz CT molecular complexity index is 325. The fourth-order valence-electron chi connectivity index (χ4n) is 1.36. The van der Waals surface area contributed by atoms with E-state index >= 15 is 0 Å². The van der Waals surface area contributed by atoms with Gasteiger partial charge < -0.3 is 11.1 Å². The molecule has 0 amide bonds. The quantitative estimate of drug-likeness (QED) is 0.415. The van der Waals surface area contributed by atoms with Gasteiger partial charge in [0, 0.05) is 17.9 Å². The molecule has 16 heavy (non-hydrogen) atoms. The highest BCUT2D eigenvalue weighted by molar-refractivity contribution is 5.51. The highest BCUT2D eigenvalue weighted by Crippen LogP contribution is 2.09. The summed E-state index contributed by atoms with van der Waals surface area (Å²) in [7, 11) is 0. The van der Waals surface area contributed by atoms with Gasteiger partial charge in [-0.15, -0.1) is 6.58 Å². The Balaban J connectivity index is 2.15. The van der Waals surface area contributed by atoms with Crippen LogP contribution in [-0.4, -0.2) is 6.54 Å². The van der Waals surface area contributed by atoms with Crippen LogP contribution in [0.5, 0.6) is 0 Å². The topological polar surface area (TPSA) is 38.0 Å². The van der Waals surface area contributed by atoms with Crippen LogP contribution in [0.2, 0.25) is 0 Å². The molecule has 0 heterocycles. The van der Waals surface area contributed by atoms with Gasteiger partial charge in [-0.1, -0.05) is 18.2 Å². The number of nitrogens with one attached hydrogen (secondary N) is 1. The van der Waals surface area contributed by atoms with Gasteiger partial charge in [0.05, 0.1) is 0 Å². The zero-order valence-electron chi connectivity index (χ0n) is 9.65. The molecule has 2 nitrogen and oxygen atoms in total. The lowest BCUT2D eigenvalue weighted by Crippen LogP contribution is -1.97. The van der Waals surface area contributed by atoms with Crippen LogP contribution in [0.15, 0.2) is 49.1 Å². The number of hydrogen-bond donors (Lipinski definition) is 2. The lowest BCUT2D eigenvalue weighted by Gasteiger charge is -2.02. The number of benzene rings is 1. The number of nitrogens with two attached hydrogens (primary N) is 1. The maximum atomic E-state index is 5.60. The van der Waals surface area contributed by atoms with Crippen LogP contribution in [0.25, 0.3) is 0 Å². The van der Waals surface area contributed by atoms with Crippen molar-refractivity contribution in [2.45, 2.75) is 19.3 Å². The van der Waals surface area contributed by atoms with Crippen molar-refractivity contribution >= 4 is 11.4 Å². The zero-order valence-corrected chi connectivity index (χ0v) is 9.65. The van der Waals surface area contributed by atoms with Gasteiger partial charge in [-0.3, -0.25) is 0 Å². The summed E-state index contributed by atoms with van der Waals surface area (Å²) in [6.45, 7) is 4.55. The van der Waals surface area contributed by atoms with Gasteiger partial charge >= 0.3 is 0 Å². The number of allylic oxidation sites excluding steroid dienone is 2. The van der Waals surface area contributed by atoms with E-state index in [-0.39, 0.29) is 0 Å². The lowest BCUT2D eigenvalue weighted by molar-refractivity contribution is 0.868. The van der Waals surface area contributed by atoms with E-state index in [1.54, 1.807) is 0 Å². The van der Waals surface area contributed by atoms with Crippen LogP contribution in [-0.2, 0) is 0 Å². The van der Waals surface area contributed by atoms with E-state index in [1.807, 2.05) is 30.3 Å². The second kappa shape index (κ2) is 7.57. The molecule has 0 aliphatic rings. The van der Waals surface area contributed by atoms with Crippen LogP contribution < -0.4 is 11.1 Å². The molecule has 1 aromatic carbocycles. The van der Waals surface area contributed by atoms with Gasteiger partial charge in [-0.25, -0.2) is 0 Å². The Morgan fingerprint density at radius 2 is 1.88 bits per heavy atom. The molecule has 0 aromatic heterocycles. The molecular weight excluding hydrogens is 196 g/mol. The molecule has 0 atom stereocenters. The Morgan fingerprint density at radius 1 is 1.12 bits per heavy atom. The van der Waals surface area contributed by atoms with Gasteiger partial charge in [-0.2, -0.15) is 0 Å². The summed E-state index contributed by atoms with van der Waals surface area (Å²) in [4.78, 5) is 0. The first-order valence-corrected chi connectivity index (χ1v) is 5.68. The maximum Gasteiger partial charge on any atom is 0.0344 e. The summed E-state index contributed by atoms with van der Waals surface area (Å²) < 4.78 is 0. The fourth-order valence-corrected chi connectivity index (χ4v) is 1.36. The van der Waals surface area contributed by atoms with Gasteiger partial charge in [0.25, 0.3) is 0 Å². The zero-order chi connectivity index (χ0) is 11.6. The Kier molecular flexibility index (Phi) is 5.86. The molecule has 1 rings (SSSR count). The third-order valence-electron chi connectivity index (χ3n) is 2.28. The average molecular weight is 216 g/mol. The van der Waals surface area contributed by atoms with Crippen molar-refractivity contribution in [3.05, 3.63) is 49.1 Å². The highest BCUT2D eigenvalue weighted by atomic mass is 14.9. The minimum absolute atomic E-state index is 0.797. The second-order valence-corrected chi connectivity index (χ2v) is 3.69. The second-order valence-electron chi connectivity index (χ2n) is 3.69. The Hall–Kier alpha value is -1.70. The third kappa shape index (κ3) is 5.25. The summed E-state index contributed by atoms with van der Waals surface area (Å²) in [5.41, 5.74) is 7.50. The molecule has 1 aromatic rings. The van der Waals surface area contributed by atoms with Crippen molar-refractivity contribution in [1.82, 2.24) is 0 Å². The fraction of sp³-hybridized carbons (Fsp3) is 0.286. The molecule has 0 aliphatic heterocycles. The van der Waals surface area contributed by atoms with E-state index < -0.39 is 0 Å². The molecule has 86 valence electrons. The first-order chi connectivity index (χ1) is 7.83. The van der Waals surface area contributed by atoms with E-state index in [0.29, 0.717) is 0 Å². The summed E-state index contributed by atoms with van der Waals surface area (Å²) in [5, 5.41) is 3.30. The minimum Gasteiger partial charge on any atom is -0.399 e. The Labute approximate surface area is 97.9 Å². The van der Waals surface area contributed by atoms with Crippen LogP contribution >= 0.6 is 0 Å². The van der Waals surface area contributed by atoms with E-state index in [0.717, 1.165) is 30.8 Å². The average Bonchev–Trinajstić information content (AvgIpc) is 2.30. The number of rotatable bonds is 7. The highest BCUT2D eigenvalue weighted by Gasteiger charge is 1.88.